The molecule has 2 fully saturated rings. The number of carbonyl (C=O) groups excluding carboxylic acids is 3. The Labute approximate surface area is 255 Å². The second kappa shape index (κ2) is 12.3. The molecule has 3 amide bonds. The number of likely N-dealkylation sites (tertiary alicyclic amines) is 1. The topological polar surface area (TPSA) is 123 Å². The second-order valence-electron chi connectivity index (χ2n) is 11.6. The summed E-state index contributed by atoms with van der Waals surface area (Å²) in [4.78, 5) is 39.9. The normalized spacial score (nSPS) is 23.6. The lowest BCUT2D eigenvalue weighted by molar-refractivity contribution is -0.137. The summed E-state index contributed by atoms with van der Waals surface area (Å²) in [5.74, 6) is -2.32. The highest BCUT2D eigenvalue weighted by Crippen LogP contribution is 2.50. The number of hydrogen-bond acceptors (Lipinski definition) is 8. The quantitative estimate of drug-likeness (QED) is 0.212. The number of phenols is 1. The Morgan fingerprint density at radius 3 is 2.50 bits per heavy atom. The standard InChI is InChI=1S/C34H34BNO8/c1-20(16-21-13-14-28(37)25-11-7-6-10-24(21)25)12-15-29-30-22(19-43-23-8-4-3-5-9-23)17-26-31(27(30)18-35(41)44-29)33(39)36(32(26)38)34(40)42-2/h3-11,13-14,16,26-27,29,31,37,41H,12,15,17-19H2,1-2H3/b20-16+/t26-,27+,29-,31-/m1/s1. The lowest BCUT2D eigenvalue weighted by Crippen LogP contribution is -2.46. The van der Waals surface area contributed by atoms with Crippen molar-refractivity contribution in [3.63, 3.8) is 0 Å². The van der Waals surface area contributed by atoms with Gasteiger partial charge in [-0.05, 0) is 78.7 Å². The third kappa shape index (κ3) is 5.51. The number of aromatic hydroxyl groups is 1. The molecule has 0 saturated carbocycles. The smallest absolute Gasteiger partial charge is 0.455 e. The SMILES string of the molecule is COC(=O)N1C(=O)[C@@H]2[C@@H](CC(COc3ccccc3)=C3[C@@H](CC/C(C)=C/c4ccc(O)c5ccccc45)OB(O)C[C@@H]32)C1=O. The molecule has 6 rings (SSSR count). The Bertz CT molecular complexity index is 1670. The molecule has 0 spiro atoms. The number of allylic oxidation sites excluding steroid dienone is 1. The largest absolute Gasteiger partial charge is 0.507 e. The van der Waals surface area contributed by atoms with Crippen LogP contribution in [-0.4, -0.2) is 59.9 Å². The highest BCUT2D eigenvalue weighted by atomic mass is 16.5. The number of carbonyl (C=O) groups is 3. The van der Waals surface area contributed by atoms with Crippen molar-refractivity contribution in [1.29, 1.82) is 0 Å². The molecular formula is C34H34BNO8. The fraction of sp³-hybridized carbons (Fsp3) is 0.324. The van der Waals surface area contributed by atoms with E-state index in [2.05, 4.69) is 6.08 Å². The van der Waals surface area contributed by atoms with E-state index < -0.39 is 48.9 Å². The fourth-order valence-corrected chi connectivity index (χ4v) is 6.98. The monoisotopic (exact) mass is 595 g/mol. The van der Waals surface area contributed by atoms with Crippen molar-refractivity contribution < 1.29 is 38.6 Å². The molecule has 10 heteroatoms. The Morgan fingerprint density at radius 2 is 1.75 bits per heavy atom. The molecule has 0 unspecified atom stereocenters. The zero-order valence-electron chi connectivity index (χ0n) is 24.6. The van der Waals surface area contributed by atoms with Gasteiger partial charge in [-0.15, -0.1) is 0 Å². The van der Waals surface area contributed by atoms with Gasteiger partial charge in [-0.25, -0.2) is 4.79 Å². The average molecular weight is 595 g/mol. The highest BCUT2D eigenvalue weighted by Gasteiger charge is 2.59. The third-order valence-corrected chi connectivity index (χ3v) is 8.96. The summed E-state index contributed by atoms with van der Waals surface area (Å²) in [5, 5.41) is 22.8. The molecule has 2 N–H and O–H groups in total. The molecule has 44 heavy (non-hydrogen) atoms. The van der Waals surface area contributed by atoms with Crippen LogP contribution in [0.1, 0.15) is 31.7 Å². The maximum atomic E-state index is 13.5. The lowest BCUT2D eigenvalue weighted by Gasteiger charge is -2.43. The van der Waals surface area contributed by atoms with Crippen molar-refractivity contribution in [3.05, 3.63) is 89.0 Å². The maximum Gasteiger partial charge on any atom is 0.455 e. The van der Waals surface area contributed by atoms with E-state index in [0.717, 1.165) is 40.2 Å². The summed E-state index contributed by atoms with van der Waals surface area (Å²) < 4.78 is 17.0. The predicted molar refractivity (Wildman–Crippen MR) is 164 cm³/mol. The van der Waals surface area contributed by atoms with Gasteiger partial charge in [0.05, 0.1) is 25.0 Å². The summed E-state index contributed by atoms with van der Waals surface area (Å²) in [6.45, 7) is 2.21. The van der Waals surface area contributed by atoms with Crippen molar-refractivity contribution in [2.24, 2.45) is 17.8 Å². The van der Waals surface area contributed by atoms with Crippen LogP contribution in [0.15, 0.2) is 83.4 Å². The molecule has 3 aromatic carbocycles. The van der Waals surface area contributed by atoms with Crippen LogP contribution in [0.2, 0.25) is 6.32 Å². The fourth-order valence-electron chi connectivity index (χ4n) is 6.98. The van der Waals surface area contributed by atoms with E-state index in [9.17, 15) is 24.5 Å². The first-order chi connectivity index (χ1) is 21.3. The molecule has 4 atom stereocenters. The number of benzene rings is 3. The zero-order valence-corrected chi connectivity index (χ0v) is 24.6. The van der Waals surface area contributed by atoms with Crippen LogP contribution in [0.4, 0.5) is 4.79 Å². The van der Waals surface area contributed by atoms with Crippen LogP contribution in [0.3, 0.4) is 0 Å². The van der Waals surface area contributed by atoms with E-state index in [-0.39, 0.29) is 25.1 Å². The maximum absolute atomic E-state index is 13.5. The first-order valence-electron chi connectivity index (χ1n) is 14.8. The molecule has 2 saturated heterocycles. The summed E-state index contributed by atoms with van der Waals surface area (Å²) in [6, 6.07) is 20.6. The van der Waals surface area contributed by atoms with Gasteiger partial charge >= 0.3 is 13.2 Å². The van der Waals surface area contributed by atoms with Crippen molar-refractivity contribution in [2.45, 2.75) is 38.6 Å². The number of nitrogens with zero attached hydrogens (tertiary/aromatic N) is 1. The van der Waals surface area contributed by atoms with Gasteiger partial charge in [-0.1, -0.05) is 60.2 Å². The average Bonchev–Trinajstić information content (AvgIpc) is 3.29. The van der Waals surface area contributed by atoms with Crippen molar-refractivity contribution in [3.8, 4) is 11.5 Å². The summed E-state index contributed by atoms with van der Waals surface area (Å²) in [7, 11) is 0.00263. The number of ether oxygens (including phenoxy) is 2. The van der Waals surface area contributed by atoms with Crippen molar-refractivity contribution >= 4 is 41.9 Å². The number of amides is 3. The minimum atomic E-state index is -1.14. The number of fused-ring (bicyclic) bond motifs is 4. The van der Waals surface area contributed by atoms with E-state index in [1.54, 1.807) is 6.07 Å². The first-order valence-corrected chi connectivity index (χ1v) is 14.8. The molecule has 226 valence electrons. The minimum absolute atomic E-state index is 0.129. The van der Waals surface area contributed by atoms with E-state index >= 15 is 0 Å². The number of hydrogen-bond donors (Lipinski definition) is 2. The zero-order chi connectivity index (χ0) is 31.0. The molecule has 0 bridgehead atoms. The summed E-state index contributed by atoms with van der Waals surface area (Å²) in [6.07, 6.45) is 2.09. The molecule has 3 aromatic rings. The van der Waals surface area contributed by atoms with E-state index in [1.165, 1.54) is 0 Å². The van der Waals surface area contributed by atoms with Gasteiger partial charge < -0.3 is 24.3 Å². The van der Waals surface area contributed by atoms with E-state index in [0.29, 0.717) is 23.5 Å². The van der Waals surface area contributed by atoms with Crippen LogP contribution >= 0.6 is 0 Å². The highest BCUT2D eigenvalue weighted by molar-refractivity contribution is 6.43. The summed E-state index contributed by atoms with van der Waals surface area (Å²) in [5.41, 5.74) is 3.76. The molecule has 2 heterocycles. The van der Waals surface area contributed by atoms with Crippen LogP contribution in [0.25, 0.3) is 16.8 Å². The van der Waals surface area contributed by atoms with Gasteiger partial charge in [-0.2, -0.15) is 4.90 Å². The van der Waals surface area contributed by atoms with Gasteiger partial charge in [-0.3, -0.25) is 9.59 Å². The van der Waals surface area contributed by atoms with Crippen LogP contribution in [-0.2, 0) is 19.0 Å². The van der Waals surface area contributed by atoms with Gasteiger partial charge in [0.15, 0.2) is 0 Å². The third-order valence-electron chi connectivity index (χ3n) is 8.96. The number of methoxy groups -OCH3 is 1. The minimum Gasteiger partial charge on any atom is -0.507 e. The van der Waals surface area contributed by atoms with E-state index in [4.69, 9.17) is 14.1 Å². The molecule has 9 nitrogen and oxygen atoms in total. The predicted octanol–water partition coefficient (Wildman–Crippen LogP) is 5.37. The van der Waals surface area contributed by atoms with Gasteiger partial charge in [0, 0.05) is 5.39 Å². The number of rotatable bonds is 7. The molecular weight excluding hydrogens is 561 g/mol. The number of imide groups is 3. The van der Waals surface area contributed by atoms with Crippen LogP contribution in [0.5, 0.6) is 11.5 Å². The number of phenolic OH excluding ortho intramolecular Hbond substituents is 1. The first kappa shape index (κ1) is 29.7. The van der Waals surface area contributed by atoms with Gasteiger partial charge in [0.2, 0.25) is 11.8 Å². The number of para-hydroxylation sites is 1. The Balaban J connectivity index is 1.31. The second-order valence-corrected chi connectivity index (χ2v) is 11.6. The van der Waals surface area contributed by atoms with Crippen LogP contribution in [0, 0.1) is 17.8 Å². The summed E-state index contributed by atoms with van der Waals surface area (Å²) >= 11 is 0. The van der Waals surface area contributed by atoms with E-state index in [1.807, 2.05) is 67.6 Å². The lowest BCUT2D eigenvalue weighted by atomic mass is 9.58. The molecule has 1 aliphatic carbocycles. The molecule has 0 aromatic heterocycles. The van der Waals surface area contributed by atoms with Crippen LogP contribution < -0.4 is 4.74 Å². The Morgan fingerprint density at radius 1 is 1.02 bits per heavy atom. The van der Waals surface area contributed by atoms with Crippen molar-refractivity contribution in [2.75, 3.05) is 13.7 Å². The van der Waals surface area contributed by atoms with Crippen molar-refractivity contribution in [1.82, 2.24) is 4.90 Å². The Kier molecular flexibility index (Phi) is 8.29. The molecule has 0 radical (unpaired) electrons. The molecule has 2 aliphatic heterocycles. The van der Waals surface area contributed by atoms with Gasteiger partial charge in [0.25, 0.3) is 0 Å². The van der Waals surface area contributed by atoms with Gasteiger partial charge in [0.1, 0.15) is 18.1 Å². The molecule has 3 aliphatic rings. The Hall–Kier alpha value is -4.41.